The van der Waals surface area contributed by atoms with Crippen LogP contribution in [0.15, 0.2) is 41.3 Å². The summed E-state index contributed by atoms with van der Waals surface area (Å²) in [5.41, 5.74) is 4.07. The Morgan fingerprint density at radius 2 is 2.00 bits per heavy atom. The van der Waals surface area contributed by atoms with Gasteiger partial charge in [-0.05, 0) is 17.7 Å². The van der Waals surface area contributed by atoms with Gasteiger partial charge < -0.3 is 5.84 Å². The normalized spacial score (nSPS) is 10.2. The van der Waals surface area contributed by atoms with Gasteiger partial charge in [0, 0.05) is 5.02 Å². The lowest BCUT2D eigenvalue weighted by Gasteiger charge is -2.02. The summed E-state index contributed by atoms with van der Waals surface area (Å²) in [6.07, 6.45) is 0. The summed E-state index contributed by atoms with van der Waals surface area (Å²) >= 11 is 5.71. The number of nitrogens with one attached hydrogen (secondary N) is 1. The van der Waals surface area contributed by atoms with Crippen LogP contribution < -0.4 is 11.3 Å². The third kappa shape index (κ3) is 2.76. The molecule has 0 bridgehead atoms. The topological polar surface area (TPSA) is 62.8 Å². The van der Waals surface area contributed by atoms with Crippen molar-refractivity contribution in [2.45, 2.75) is 0 Å². The van der Waals surface area contributed by atoms with Crippen LogP contribution in [0.2, 0.25) is 5.02 Å². The van der Waals surface area contributed by atoms with E-state index in [0.717, 1.165) is 5.56 Å². The molecule has 0 aliphatic carbocycles. The first-order chi connectivity index (χ1) is 6.24. The van der Waals surface area contributed by atoms with E-state index in [9.17, 15) is 0 Å². The molecule has 0 aliphatic heterocycles. The Kier molecular flexibility index (Phi) is 3.28. The van der Waals surface area contributed by atoms with Crippen molar-refractivity contribution in [2.75, 3.05) is 0 Å². The van der Waals surface area contributed by atoms with Gasteiger partial charge in [-0.3, -0.25) is 5.43 Å². The highest BCUT2D eigenvalue weighted by molar-refractivity contribution is 6.30. The fourth-order valence-electron chi connectivity index (χ4n) is 0.805. The molecule has 5 heteroatoms. The zero-order valence-electron chi connectivity index (χ0n) is 6.87. The second-order valence-electron chi connectivity index (χ2n) is 2.31. The Bertz CT molecular complexity index is 317. The number of nitrogens with two attached hydrogens (primary N) is 1. The summed E-state index contributed by atoms with van der Waals surface area (Å²) in [6.45, 7) is 3.73. The molecule has 0 saturated carbocycles. The second-order valence-corrected chi connectivity index (χ2v) is 2.75. The molecule has 0 atom stereocenters. The standard InChI is InChI=1S/C8H9ClN4/c1-6(11-13-12-10)7-2-4-8(9)5-3-7/h2-5H,1H2,(H2,10,13)(H,11,12). The Morgan fingerprint density at radius 3 is 2.54 bits per heavy atom. The molecular formula is C8H9ClN4. The molecule has 0 unspecified atom stereocenters. The minimum atomic E-state index is 0.617. The van der Waals surface area contributed by atoms with Crippen LogP contribution in [0.3, 0.4) is 0 Å². The quantitative estimate of drug-likeness (QED) is 0.442. The molecule has 4 nitrogen and oxygen atoms in total. The summed E-state index contributed by atoms with van der Waals surface area (Å²) < 4.78 is 0. The Morgan fingerprint density at radius 1 is 1.38 bits per heavy atom. The maximum atomic E-state index is 5.71. The monoisotopic (exact) mass is 196 g/mol. The number of hydrogen-bond donors (Lipinski definition) is 2. The van der Waals surface area contributed by atoms with Gasteiger partial charge in [0.2, 0.25) is 0 Å². The molecule has 0 radical (unpaired) electrons. The minimum Gasteiger partial charge on any atom is -0.303 e. The van der Waals surface area contributed by atoms with Crippen molar-refractivity contribution in [3.05, 3.63) is 41.4 Å². The van der Waals surface area contributed by atoms with E-state index in [1.807, 2.05) is 12.1 Å². The molecule has 0 aliphatic rings. The zero-order chi connectivity index (χ0) is 9.68. The van der Waals surface area contributed by atoms with Crippen molar-refractivity contribution >= 4 is 17.3 Å². The molecule has 0 amide bonds. The molecule has 0 spiro atoms. The molecule has 68 valence electrons. The molecule has 3 N–H and O–H groups in total. The van der Waals surface area contributed by atoms with Gasteiger partial charge in [-0.15, -0.1) is 0 Å². The van der Waals surface area contributed by atoms with E-state index in [1.165, 1.54) is 0 Å². The molecule has 0 aromatic heterocycles. The molecule has 0 heterocycles. The van der Waals surface area contributed by atoms with E-state index in [1.54, 1.807) is 12.1 Å². The van der Waals surface area contributed by atoms with Crippen molar-refractivity contribution in [1.29, 1.82) is 0 Å². The second kappa shape index (κ2) is 4.47. The molecule has 13 heavy (non-hydrogen) atoms. The summed E-state index contributed by atoms with van der Waals surface area (Å²) in [7, 11) is 0. The van der Waals surface area contributed by atoms with Crippen molar-refractivity contribution in [3.63, 3.8) is 0 Å². The van der Waals surface area contributed by atoms with Crippen LogP contribution in [0.1, 0.15) is 5.56 Å². The van der Waals surface area contributed by atoms with Crippen LogP contribution in [-0.2, 0) is 0 Å². The third-order valence-electron chi connectivity index (χ3n) is 1.44. The van der Waals surface area contributed by atoms with Gasteiger partial charge in [0.15, 0.2) is 0 Å². The fraction of sp³-hybridized carbons (Fsp3) is 0. The Balaban J connectivity index is 2.72. The number of benzene rings is 1. The lowest BCUT2D eigenvalue weighted by molar-refractivity contribution is 0.840. The summed E-state index contributed by atoms with van der Waals surface area (Å²) in [5, 5.41) is 7.11. The first kappa shape index (κ1) is 9.54. The largest absolute Gasteiger partial charge is 0.303 e. The predicted octanol–water partition coefficient (Wildman–Crippen LogP) is 2.14. The zero-order valence-corrected chi connectivity index (χ0v) is 7.62. The van der Waals surface area contributed by atoms with Gasteiger partial charge >= 0.3 is 0 Å². The van der Waals surface area contributed by atoms with E-state index in [-0.39, 0.29) is 0 Å². The van der Waals surface area contributed by atoms with E-state index in [4.69, 9.17) is 17.4 Å². The Hall–Kier alpha value is -1.55. The van der Waals surface area contributed by atoms with Crippen LogP contribution in [0.4, 0.5) is 0 Å². The first-order valence-corrected chi connectivity index (χ1v) is 3.92. The first-order valence-electron chi connectivity index (χ1n) is 3.55. The molecule has 1 rings (SSSR count). The third-order valence-corrected chi connectivity index (χ3v) is 1.69. The highest BCUT2D eigenvalue weighted by Gasteiger charge is 1.96. The smallest absolute Gasteiger partial charge is 0.0580 e. The minimum absolute atomic E-state index is 0.617. The number of halogens is 1. The van der Waals surface area contributed by atoms with Gasteiger partial charge in [0.05, 0.1) is 5.70 Å². The van der Waals surface area contributed by atoms with Gasteiger partial charge in [0.25, 0.3) is 0 Å². The predicted molar refractivity (Wildman–Crippen MR) is 52.7 cm³/mol. The van der Waals surface area contributed by atoms with Crippen molar-refractivity contribution in [3.8, 4) is 0 Å². The van der Waals surface area contributed by atoms with Crippen LogP contribution in [-0.4, -0.2) is 0 Å². The maximum absolute atomic E-state index is 5.71. The van der Waals surface area contributed by atoms with Crippen LogP contribution in [0.5, 0.6) is 0 Å². The van der Waals surface area contributed by atoms with Crippen LogP contribution in [0, 0.1) is 0 Å². The van der Waals surface area contributed by atoms with Crippen LogP contribution in [0.25, 0.3) is 5.70 Å². The fourth-order valence-corrected chi connectivity index (χ4v) is 0.931. The lowest BCUT2D eigenvalue weighted by Crippen LogP contribution is -2.02. The number of hydrogen-bond acceptors (Lipinski definition) is 2. The highest BCUT2D eigenvalue weighted by Crippen LogP contribution is 2.13. The number of nitrogens with zero attached hydrogens (tertiary/aromatic N) is 2. The van der Waals surface area contributed by atoms with E-state index >= 15 is 0 Å². The highest BCUT2D eigenvalue weighted by atomic mass is 35.5. The lowest BCUT2D eigenvalue weighted by atomic mass is 10.2. The van der Waals surface area contributed by atoms with Gasteiger partial charge in [0.1, 0.15) is 0 Å². The van der Waals surface area contributed by atoms with Gasteiger partial charge in [-0.25, -0.2) is 0 Å². The van der Waals surface area contributed by atoms with E-state index < -0.39 is 0 Å². The average Bonchev–Trinajstić information content (AvgIpc) is 2.15. The SMILES string of the molecule is C=C(NN=NN)c1ccc(Cl)cc1. The van der Waals surface area contributed by atoms with E-state index in [2.05, 4.69) is 22.5 Å². The van der Waals surface area contributed by atoms with Crippen LogP contribution >= 0.6 is 11.6 Å². The maximum Gasteiger partial charge on any atom is 0.0580 e. The molecule has 0 saturated heterocycles. The molecule has 1 aromatic carbocycles. The molecule has 1 aromatic rings. The summed E-state index contributed by atoms with van der Waals surface area (Å²) in [6, 6.07) is 7.18. The Labute approximate surface area is 81.1 Å². The van der Waals surface area contributed by atoms with Gasteiger partial charge in [-0.2, -0.15) is 0 Å². The summed E-state index contributed by atoms with van der Waals surface area (Å²) in [5.74, 6) is 4.81. The van der Waals surface area contributed by atoms with Crippen molar-refractivity contribution in [1.82, 2.24) is 5.43 Å². The average molecular weight is 197 g/mol. The number of rotatable bonds is 3. The van der Waals surface area contributed by atoms with Gasteiger partial charge in [-0.1, -0.05) is 40.8 Å². The van der Waals surface area contributed by atoms with Crippen molar-refractivity contribution < 1.29 is 0 Å². The van der Waals surface area contributed by atoms with Crippen molar-refractivity contribution in [2.24, 2.45) is 16.3 Å². The summed E-state index contributed by atoms with van der Waals surface area (Å²) in [4.78, 5) is 0. The van der Waals surface area contributed by atoms with E-state index in [0.29, 0.717) is 10.7 Å². The molecule has 0 fully saturated rings. The molecular weight excluding hydrogens is 188 g/mol.